The number of rotatable bonds is 6. The Bertz CT molecular complexity index is 717. The minimum atomic E-state index is -0.524. The minimum absolute atomic E-state index is 0.246. The van der Waals surface area contributed by atoms with Crippen molar-refractivity contribution in [3.63, 3.8) is 0 Å². The Kier molecular flexibility index (Phi) is 5.13. The van der Waals surface area contributed by atoms with Gasteiger partial charge in [-0.25, -0.2) is 0 Å². The molecular formula is C20H24N2O4. The highest BCUT2D eigenvalue weighted by molar-refractivity contribution is 5.47. The molecule has 1 fully saturated rings. The van der Waals surface area contributed by atoms with Gasteiger partial charge in [-0.15, -0.1) is 0 Å². The van der Waals surface area contributed by atoms with E-state index in [0.717, 1.165) is 31.9 Å². The SMILES string of the molecule is O[C@H](COc1ccc2c(c1)OCO2)CN1CCN(c2ccccc2)CC1. The summed E-state index contributed by atoms with van der Waals surface area (Å²) < 4.78 is 16.3. The second-order valence-electron chi connectivity index (χ2n) is 6.60. The highest BCUT2D eigenvalue weighted by atomic mass is 16.7. The van der Waals surface area contributed by atoms with Crippen molar-refractivity contribution in [2.45, 2.75) is 6.10 Å². The largest absolute Gasteiger partial charge is 0.491 e. The van der Waals surface area contributed by atoms with E-state index in [1.54, 1.807) is 6.07 Å². The van der Waals surface area contributed by atoms with Gasteiger partial charge < -0.3 is 24.2 Å². The summed E-state index contributed by atoms with van der Waals surface area (Å²) in [5.74, 6) is 2.10. The van der Waals surface area contributed by atoms with Crippen molar-refractivity contribution in [3.05, 3.63) is 48.5 Å². The number of ether oxygens (including phenoxy) is 3. The number of nitrogens with zero attached hydrogens (tertiary/aromatic N) is 2. The summed E-state index contributed by atoms with van der Waals surface area (Å²) >= 11 is 0. The summed E-state index contributed by atoms with van der Waals surface area (Å²) in [7, 11) is 0. The van der Waals surface area contributed by atoms with Gasteiger partial charge in [0.1, 0.15) is 18.5 Å². The highest BCUT2D eigenvalue weighted by Gasteiger charge is 2.20. The van der Waals surface area contributed by atoms with Crippen molar-refractivity contribution in [2.75, 3.05) is 51.0 Å². The van der Waals surface area contributed by atoms with Gasteiger partial charge in [0, 0.05) is 44.5 Å². The van der Waals surface area contributed by atoms with Gasteiger partial charge in [-0.05, 0) is 24.3 Å². The van der Waals surface area contributed by atoms with Crippen molar-refractivity contribution in [1.82, 2.24) is 4.90 Å². The average Bonchev–Trinajstić information content (AvgIpc) is 3.15. The van der Waals surface area contributed by atoms with Crippen LogP contribution in [-0.2, 0) is 0 Å². The Morgan fingerprint density at radius 3 is 2.54 bits per heavy atom. The zero-order valence-corrected chi connectivity index (χ0v) is 14.7. The van der Waals surface area contributed by atoms with Gasteiger partial charge in [-0.1, -0.05) is 18.2 Å². The van der Waals surface area contributed by atoms with Crippen LogP contribution in [0, 0.1) is 0 Å². The highest BCUT2D eigenvalue weighted by Crippen LogP contribution is 2.35. The quantitative estimate of drug-likeness (QED) is 0.854. The number of aliphatic hydroxyl groups excluding tert-OH is 1. The van der Waals surface area contributed by atoms with Crippen LogP contribution in [0.2, 0.25) is 0 Å². The lowest BCUT2D eigenvalue weighted by Gasteiger charge is -2.36. The molecule has 1 saturated heterocycles. The maximum atomic E-state index is 10.3. The van der Waals surface area contributed by atoms with Crippen molar-refractivity contribution >= 4 is 5.69 Å². The van der Waals surface area contributed by atoms with Crippen LogP contribution in [0.5, 0.6) is 17.2 Å². The van der Waals surface area contributed by atoms with Gasteiger partial charge in [-0.2, -0.15) is 0 Å². The normalized spacial score (nSPS) is 18.0. The molecule has 2 aromatic rings. The maximum absolute atomic E-state index is 10.3. The number of para-hydroxylation sites is 1. The molecule has 1 N–H and O–H groups in total. The standard InChI is InChI=1S/C20H24N2O4/c23-17(14-24-18-6-7-19-20(12-18)26-15-25-19)13-21-8-10-22(11-9-21)16-4-2-1-3-5-16/h1-7,12,17,23H,8-11,13-15H2/t17-/m0/s1. The molecule has 0 aromatic heterocycles. The fraction of sp³-hybridized carbons (Fsp3) is 0.400. The molecule has 1 atom stereocenters. The first-order chi connectivity index (χ1) is 12.8. The molecule has 2 aromatic carbocycles. The Morgan fingerprint density at radius 2 is 1.73 bits per heavy atom. The van der Waals surface area contributed by atoms with E-state index in [-0.39, 0.29) is 13.4 Å². The van der Waals surface area contributed by atoms with Gasteiger partial charge >= 0.3 is 0 Å². The molecule has 2 aliphatic rings. The second-order valence-corrected chi connectivity index (χ2v) is 6.60. The second kappa shape index (κ2) is 7.85. The molecule has 0 spiro atoms. The van der Waals surface area contributed by atoms with E-state index in [2.05, 4.69) is 34.1 Å². The number of piperazine rings is 1. The summed E-state index contributed by atoms with van der Waals surface area (Å²) in [5.41, 5.74) is 1.26. The number of β-amino-alcohol motifs (C(OH)–C–C–N with tert-alkyl or cyclic N) is 1. The number of anilines is 1. The predicted octanol–water partition coefficient (Wildman–Crippen LogP) is 1.98. The number of hydrogen-bond acceptors (Lipinski definition) is 6. The fourth-order valence-corrected chi connectivity index (χ4v) is 3.34. The third kappa shape index (κ3) is 4.03. The van der Waals surface area contributed by atoms with E-state index in [1.807, 2.05) is 18.2 Å². The van der Waals surface area contributed by atoms with Gasteiger partial charge in [0.05, 0.1) is 0 Å². The minimum Gasteiger partial charge on any atom is -0.491 e. The van der Waals surface area contributed by atoms with Crippen LogP contribution in [0.3, 0.4) is 0 Å². The van der Waals surface area contributed by atoms with Crippen LogP contribution in [-0.4, -0.2) is 62.2 Å². The number of fused-ring (bicyclic) bond motifs is 1. The monoisotopic (exact) mass is 356 g/mol. The molecule has 26 heavy (non-hydrogen) atoms. The molecule has 138 valence electrons. The molecule has 0 unspecified atom stereocenters. The Labute approximate surface area is 153 Å². The molecule has 6 heteroatoms. The van der Waals surface area contributed by atoms with Gasteiger partial charge in [0.25, 0.3) is 0 Å². The molecule has 0 aliphatic carbocycles. The zero-order chi connectivity index (χ0) is 17.8. The first-order valence-corrected chi connectivity index (χ1v) is 9.01. The van der Waals surface area contributed by atoms with Gasteiger partial charge in [-0.3, -0.25) is 4.90 Å². The van der Waals surface area contributed by atoms with Crippen LogP contribution in [0.15, 0.2) is 48.5 Å². The topological polar surface area (TPSA) is 54.4 Å². The third-order valence-electron chi connectivity index (χ3n) is 4.75. The van der Waals surface area contributed by atoms with Crippen LogP contribution in [0.25, 0.3) is 0 Å². The number of aliphatic hydroxyl groups is 1. The van der Waals surface area contributed by atoms with Crippen LogP contribution in [0.1, 0.15) is 0 Å². The average molecular weight is 356 g/mol. The summed E-state index contributed by atoms with van der Waals surface area (Å²) in [6.07, 6.45) is -0.524. The first-order valence-electron chi connectivity index (χ1n) is 9.01. The zero-order valence-electron chi connectivity index (χ0n) is 14.7. The molecular weight excluding hydrogens is 332 g/mol. The van der Waals surface area contributed by atoms with E-state index < -0.39 is 6.10 Å². The van der Waals surface area contributed by atoms with E-state index in [1.165, 1.54) is 5.69 Å². The molecule has 6 nitrogen and oxygen atoms in total. The van der Waals surface area contributed by atoms with Crippen LogP contribution < -0.4 is 19.1 Å². The lowest BCUT2D eigenvalue weighted by atomic mass is 10.2. The van der Waals surface area contributed by atoms with E-state index in [4.69, 9.17) is 14.2 Å². The summed E-state index contributed by atoms with van der Waals surface area (Å²) in [6.45, 7) is 4.95. The first kappa shape index (κ1) is 17.0. The van der Waals surface area contributed by atoms with E-state index in [9.17, 15) is 5.11 Å². The van der Waals surface area contributed by atoms with E-state index >= 15 is 0 Å². The fourth-order valence-electron chi connectivity index (χ4n) is 3.34. The Hall–Kier alpha value is -2.44. The molecule has 0 bridgehead atoms. The Morgan fingerprint density at radius 1 is 0.962 bits per heavy atom. The van der Waals surface area contributed by atoms with Crippen molar-refractivity contribution in [2.24, 2.45) is 0 Å². The van der Waals surface area contributed by atoms with Gasteiger partial charge in [0.2, 0.25) is 6.79 Å². The van der Waals surface area contributed by atoms with Crippen molar-refractivity contribution in [3.8, 4) is 17.2 Å². The molecule has 2 aliphatic heterocycles. The van der Waals surface area contributed by atoms with Crippen LogP contribution >= 0.6 is 0 Å². The number of benzene rings is 2. The third-order valence-corrected chi connectivity index (χ3v) is 4.75. The summed E-state index contributed by atoms with van der Waals surface area (Å²) in [4.78, 5) is 4.67. The molecule has 0 saturated carbocycles. The summed E-state index contributed by atoms with van der Waals surface area (Å²) in [5, 5.41) is 10.3. The van der Waals surface area contributed by atoms with Crippen molar-refractivity contribution in [1.29, 1.82) is 0 Å². The number of hydrogen-bond donors (Lipinski definition) is 1. The lowest BCUT2D eigenvalue weighted by Crippen LogP contribution is -2.49. The molecule has 0 radical (unpaired) electrons. The predicted molar refractivity (Wildman–Crippen MR) is 99.2 cm³/mol. The molecule has 0 amide bonds. The van der Waals surface area contributed by atoms with Crippen molar-refractivity contribution < 1.29 is 19.3 Å². The summed E-state index contributed by atoms with van der Waals surface area (Å²) in [6, 6.07) is 15.9. The lowest BCUT2D eigenvalue weighted by molar-refractivity contribution is 0.0662. The van der Waals surface area contributed by atoms with Crippen LogP contribution in [0.4, 0.5) is 5.69 Å². The van der Waals surface area contributed by atoms with Gasteiger partial charge in [0.15, 0.2) is 11.5 Å². The maximum Gasteiger partial charge on any atom is 0.231 e. The molecule has 4 rings (SSSR count). The Balaban J connectivity index is 1.21. The smallest absolute Gasteiger partial charge is 0.231 e. The van der Waals surface area contributed by atoms with E-state index in [0.29, 0.717) is 18.0 Å². The molecule has 2 heterocycles.